The van der Waals surface area contributed by atoms with Gasteiger partial charge in [-0.05, 0) is 98.0 Å². The van der Waals surface area contributed by atoms with Crippen molar-refractivity contribution in [3.8, 4) is 28.3 Å². The van der Waals surface area contributed by atoms with Gasteiger partial charge in [-0.3, -0.25) is 0 Å². The first-order valence-corrected chi connectivity index (χ1v) is 14.4. The first-order valence-electron chi connectivity index (χ1n) is 14.4. The Morgan fingerprint density at radius 2 is 1.07 bits per heavy atom. The van der Waals surface area contributed by atoms with Gasteiger partial charge in [-0.2, -0.15) is 5.26 Å². The van der Waals surface area contributed by atoms with E-state index in [1.165, 1.54) is 66.8 Å². The molecule has 0 saturated carbocycles. The zero-order valence-electron chi connectivity index (χ0n) is 23.3. The van der Waals surface area contributed by atoms with Crippen LogP contribution in [0.3, 0.4) is 0 Å². The summed E-state index contributed by atoms with van der Waals surface area (Å²) in [4.78, 5) is 0. The third-order valence-corrected chi connectivity index (χ3v) is 9.04. The van der Waals surface area contributed by atoms with E-state index in [9.17, 15) is 5.26 Å². The Morgan fingerprint density at radius 3 is 1.81 bits per heavy atom. The van der Waals surface area contributed by atoms with Crippen LogP contribution in [-0.2, 0) is 5.41 Å². The summed E-state index contributed by atoms with van der Waals surface area (Å²) in [5.41, 5.74) is 16.4. The smallest absolute Gasteiger partial charge is 0.0991 e. The average molecular weight is 534 g/mol. The molecule has 1 spiro atoms. The van der Waals surface area contributed by atoms with Crippen LogP contribution < -0.4 is 0 Å². The van der Waals surface area contributed by atoms with E-state index in [0.717, 1.165) is 5.56 Å². The summed E-state index contributed by atoms with van der Waals surface area (Å²) in [7, 11) is 0. The van der Waals surface area contributed by atoms with Crippen molar-refractivity contribution in [3.63, 3.8) is 0 Å². The third kappa shape index (κ3) is 3.43. The molecular weight excluding hydrogens is 506 g/mol. The average Bonchev–Trinajstić information content (AvgIpc) is 3.27. The van der Waals surface area contributed by atoms with E-state index in [1.54, 1.807) is 0 Å². The van der Waals surface area contributed by atoms with Crippen LogP contribution >= 0.6 is 0 Å². The van der Waals surface area contributed by atoms with Crippen molar-refractivity contribution in [1.29, 1.82) is 5.26 Å². The van der Waals surface area contributed by atoms with Crippen LogP contribution in [0.2, 0.25) is 0 Å². The molecule has 0 radical (unpaired) electrons. The first kappa shape index (κ1) is 24.4. The second kappa shape index (κ2) is 9.30. The van der Waals surface area contributed by atoms with Crippen molar-refractivity contribution in [2.45, 2.75) is 12.3 Å². The molecule has 2 aliphatic carbocycles. The first-order chi connectivity index (χ1) is 20.7. The molecule has 0 aliphatic heterocycles. The van der Waals surface area contributed by atoms with E-state index in [1.807, 2.05) is 12.1 Å². The van der Waals surface area contributed by atoms with Crippen LogP contribution in [0.5, 0.6) is 0 Å². The van der Waals surface area contributed by atoms with Crippen LogP contribution in [-0.4, -0.2) is 0 Å². The Balaban J connectivity index is 1.46. The second-order valence-electron chi connectivity index (χ2n) is 11.3. The zero-order chi connectivity index (χ0) is 28.3. The summed E-state index contributed by atoms with van der Waals surface area (Å²) in [5.74, 6) is 0. The standard InChI is InChI=1S/C41H27N/c1-27-14-18-29(19-15-27)31-22-23-40-36(24-31)34-10-4-7-13-39(34)41(40)37-11-5-2-8-32(37)25-35(33-9-3-6-12-38(33)41)30-20-16-28(26-42)17-21-30/h2-25H,1H3. The maximum atomic E-state index is 9.44. The molecule has 6 aromatic rings. The van der Waals surface area contributed by atoms with Gasteiger partial charge in [0.05, 0.1) is 17.0 Å². The lowest BCUT2D eigenvalue weighted by molar-refractivity contribution is 0.766. The highest BCUT2D eigenvalue weighted by molar-refractivity contribution is 5.99. The molecule has 8 rings (SSSR count). The van der Waals surface area contributed by atoms with Crippen molar-refractivity contribution in [2.75, 3.05) is 0 Å². The molecule has 0 saturated heterocycles. The number of fused-ring (bicyclic) bond motifs is 9. The van der Waals surface area contributed by atoms with Crippen molar-refractivity contribution in [3.05, 3.63) is 190 Å². The van der Waals surface area contributed by atoms with Gasteiger partial charge in [0.25, 0.3) is 0 Å². The summed E-state index contributed by atoms with van der Waals surface area (Å²) in [6.07, 6.45) is 2.34. The molecule has 0 fully saturated rings. The van der Waals surface area contributed by atoms with Gasteiger partial charge in [0.1, 0.15) is 0 Å². The van der Waals surface area contributed by atoms with Gasteiger partial charge >= 0.3 is 0 Å². The zero-order valence-corrected chi connectivity index (χ0v) is 23.3. The van der Waals surface area contributed by atoms with E-state index < -0.39 is 5.41 Å². The van der Waals surface area contributed by atoms with Crippen molar-refractivity contribution < 1.29 is 0 Å². The highest BCUT2D eigenvalue weighted by Gasteiger charge is 2.49. The van der Waals surface area contributed by atoms with Crippen LogP contribution in [0.1, 0.15) is 50.1 Å². The summed E-state index contributed by atoms with van der Waals surface area (Å²) < 4.78 is 0. The Kier molecular flexibility index (Phi) is 5.39. The Morgan fingerprint density at radius 1 is 0.500 bits per heavy atom. The van der Waals surface area contributed by atoms with Gasteiger partial charge in [-0.15, -0.1) is 0 Å². The lowest BCUT2D eigenvalue weighted by Crippen LogP contribution is -2.30. The summed E-state index contributed by atoms with van der Waals surface area (Å²) in [6.45, 7) is 2.13. The van der Waals surface area contributed by atoms with Crippen LogP contribution in [0, 0.1) is 18.3 Å². The minimum Gasteiger partial charge on any atom is -0.192 e. The number of hydrogen-bond donors (Lipinski definition) is 0. The predicted molar refractivity (Wildman–Crippen MR) is 172 cm³/mol. The molecule has 0 amide bonds. The fourth-order valence-electron chi connectivity index (χ4n) is 7.14. The van der Waals surface area contributed by atoms with Gasteiger partial charge in [-0.25, -0.2) is 0 Å². The molecule has 0 N–H and O–H groups in total. The number of hydrogen-bond acceptors (Lipinski definition) is 1. The number of rotatable bonds is 2. The minimum atomic E-state index is -0.476. The molecule has 1 atom stereocenters. The summed E-state index contributed by atoms with van der Waals surface area (Å²) in [5, 5.41) is 9.44. The Bertz CT molecular complexity index is 2090. The van der Waals surface area contributed by atoms with Gasteiger partial charge < -0.3 is 0 Å². The molecule has 196 valence electrons. The van der Waals surface area contributed by atoms with Crippen LogP contribution in [0.25, 0.3) is 33.9 Å². The highest BCUT2D eigenvalue weighted by atomic mass is 14.5. The topological polar surface area (TPSA) is 23.8 Å². The molecular formula is C41H27N. The molecule has 2 aliphatic rings. The van der Waals surface area contributed by atoms with E-state index in [4.69, 9.17) is 0 Å². The van der Waals surface area contributed by atoms with Crippen molar-refractivity contribution in [1.82, 2.24) is 0 Å². The van der Waals surface area contributed by atoms with E-state index in [2.05, 4.69) is 146 Å². The molecule has 0 heterocycles. The molecule has 6 aromatic carbocycles. The number of nitrogens with zero attached hydrogens (tertiary/aromatic N) is 1. The van der Waals surface area contributed by atoms with Crippen LogP contribution in [0.4, 0.5) is 0 Å². The number of aryl methyl sites for hydroxylation is 1. The molecule has 1 nitrogen and oxygen atoms in total. The van der Waals surface area contributed by atoms with Gasteiger partial charge in [0, 0.05) is 0 Å². The second-order valence-corrected chi connectivity index (χ2v) is 11.3. The maximum absolute atomic E-state index is 9.44. The fourth-order valence-corrected chi connectivity index (χ4v) is 7.14. The van der Waals surface area contributed by atoms with Crippen molar-refractivity contribution >= 4 is 11.6 Å². The van der Waals surface area contributed by atoms with Gasteiger partial charge in [0.2, 0.25) is 0 Å². The monoisotopic (exact) mass is 533 g/mol. The SMILES string of the molecule is Cc1ccc(-c2ccc3c(c2)-c2ccccc2C32c3ccccc3C=C(c3ccc(C#N)cc3)c3ccccc32)cc1. The summed E-state index contributed by atoms with van der Waals surface area (Å²) >= 11 is 0. The van der Waals surface area contributed by atoms with Gasteiger partial charge in [-0.1, -0.05) is 127 Å². The van der Waals surface area contributed by atoms with Crippen LogP contribution in [0.15, 0.2) is 140 Å². The molecule has 0 aromatic heterocycles. The molecule has 42 heavy (non-hydrogen) atoms. The Hall–Kier alpha value is -5.45. The summed E-state index contributed by atoms with van der Waals surface area (Å²) in [6, 6.07) is 52.8. The lowest BCUT2D eigenvalue weighted by Gasteiger charge is -2.35. The molecule has 1 heteroatoms. The maximum Gasteiger partial charge on any atom is 0.0991 e. The number of nitriles is 1. The Labute approximate surface area is 246 Å². The number of benzene rings is 6. The quantitative estimate of drug-likeness (QED) is 0.217. The fraction of sp³-hybridized carbons (Fsp3) is 0.0488. The minimum absolute atomic E-state index is 0.476. The molecule has 0 bridgehead atoms. The largest absolute Gasteiger partial charge is 0.192 e. The predicted octanol–water partition coefficient (Wildman–Crippen LogP) is 9.80. The normalized spacial score (nSPS) is 16.0. The van der Waals surface area contributed by atoms with E-state index >= 15 is 0 Å². The van der Waals surface area contributed by atoms with E-state index in [0.29, 0.717) is 5.56 Å². The highest BCUT2D eigenvalue weighted by Crippen LogP contribution is 2.59. The lowest BCUT2D eigenvalue weighted by atomic mass is 9.65. The third-order valence-electron chi connectivity index (χ3n) is 9.04. The van der Waals surface area contributed by atoms with Crippen molar-refractivity contribution in [2.24, 2.45) is 0 Å². The molecule has 1 unspecified atom stereocenters. The van der Waals surface area contributed by atoms with Gasteiger partial charge in [0.15, 0.2) is 0 Å². The van der Waals surface area contributed by atoms with E-state index in [-0.39, 0.29) is 0 Å².